The molecule has 0 fully saturated rings. The van der Waals surface area contributed by atoms with E-state index in [0.29, 0.717) is 12.1 Å². The second kappa shape index (κ2) is 6.46. The molecule has 0 aliphatic rings. The van der Waals surface area contributed by atoms with Crippen LogP contribution in [0.2, 0.25) is 0 Å². The van der Waals surface area contributed by atoms with Crippen molar-refractivity contribution in [2.24, 2.45) is 0 Å². The number of aliphatic hydroxyl groups excluding tert-OH is 1. The molecule has 0 radical (unpaired) electrons. The first-order valence-corrected chi connectivity index (χ1v) is 7.41. The van der Waals surface area contributed by atoms with Crippen LogP contribution >= 0.6 is 0 Å². The maximum atomic E-state index is 10.5. The summed E-state index contributed by atoms with van der Waals surface area (Å²) in [5, 5.41) is 10.5. The van der Waals surface area contributed by atoms with Gasteiger partial charge in [-0.3, -0.25) is 0 Å². The predicted octanol–water partition coefficient (Wildman–Crippen LogP) is 4.21. The van der Waals surface area contributed by atoms with Gasteiger partial charge in [-0.25, -0.2) is 0 Å². The van der Waals surface area contributed by atoms with Gasteiger partial charge in [-0.2, -0.15) is 0 Å². The molecule has 0 aromatic heterocycles. The summed E-state index contributed by atoms with van der Waals surface area (Å²) in [6, 6.07) is 25.9. The van der Waals surface area contributed by atoms with Crippen LogP contribution in [0.3, 0.4) is 0 Å². The fourth-order valence-electron chi connectivity index (χ4n) is 2.62. The largest absolute Gasteiger partial charge is 0.398 e. The van der Waals surface area contributed by atoms with Crippen LogP contribution in [0.4, 0.5) is 5.69 Å². The van der Waals surface area contributed by atoms with Crippen LogP contribution in [0, 0.1) is 0 Å². The Morgan fingerprint density at radius 2 is 1.41 bits per heavy atom. The third-order valence-electron chi connectivity index (χ3n) is 3.82. The summed E-state index contributed by atoms with van der Waals surface area (Å²) < 4.78 is 0. The van der Waals surface area contributed by atoms with Gasteiger partial charge in [-0.15, -0.1) is 0 Å². The monoisotopic (exact) mass is 289 g/mol. The Bertz CT molecular complexity index is 738. The lowest BCUT2D eigenvalue weighted by Gasteiger charge is -2.15. The van der Waals surface area contributed by atoms with Crippen LogP contribution in [-0.2, 0) is 6.42 Å². The zero-order valence-electron chi connectivity index (χ0n) is 12.3. The van der Waals surface area contributed by atoms with Crippen molar-refractivity contribution in [1.29, 1.82) is 0 Å². The minimum atomic E-state index is -0.605. The summed E-state index contributed by atoms with van der Waals surface area (Å²) in [5.41, 5.74) is 10.8. The van der Waals surface area contributed by atoms with Crippen molar-refractivity contribution in [3.05, 3.63) is 90.0 Å². The predicted molar refractivity (Wildman–Crippen MR) is 91.4 cm³/mol. The molecule has 0 saturated heterocycles. The molecule has 22 heavy (non-hydrogen) atoms. The first-order chi connectivity index (χ1) is 10.7. The Kier molecular flexibility index (Phi) is 4.22. The van der Waals surface area contributed by atoms with Crippen LogP contribution in [0.1, 0.15) is 17.2 Å². The van der Waals surface area contributed by atoms with E-state index in [1.165, 1.54) is 0 Å². The summed E-state index contributed by atoms with van der Waals surface area (Å²) in [4.78, 5) is 0. The highest BCUT2D eigenvalue weighted by molar-refractivity contribution is 5.68. The SMILES string of the molecule is Nc1ccc(-c2ccccc2)cc1C(O)Cc1ccccc1. The van der Waals surface area contributed by atoms with Gasteiger partial charge in [0.15, 0.2) is 0 Å². The molecule has 1 atom stereocenters. The fourth-order valence-corrected chi connectivity index (χ4v) is 2.62. The Morgan fingerprint density at radius 1 is 0.773 bits per heavy atom. The van der Waals surface area contributed by atoms with Gasteiger partial charge in [0.2, 0.25) is 0 Å². The normalized spacial score (nSPS) is 12.0. The van der Waals surface area contributed by atoms with Crippen molar-refractivity contribution >= 4 is 5.69 Å². The van der Waals surface area contributed by atoms with Gasteiger partial charge in [0.1, 0.15) is 0 Å². The Labute approximate surface area is 130 Å². The summed E-state index contributed by atoms with van der Waals surface area (Å²) in [5.74, 6) is 0. The number of benzene rings is 3. The molecule has 0 amide bonds. The average molecular weight is 289 g/mol. The van der Waals surface area contributed by atoms with E-state index in [2.05, 4.69) is 12.1 Å². The molecule has 1 unspecified atom stereocenters. The van der Waals surface area contributed by atoms with Gasteiger partial charge >= 0.3 is 0 Å². The summed E-state index contributed by atoms with van der Waals surface area (Å²) in [7, 11) is 0. The summed E-state index contributed by atoms with van der Waals surface area (Å²) in [6.45, 7) is 0. The molecule has 3 N–H and O–H groups in total. The molecule has 0 spiro atoms. The highest BCUT2D eigenvalue weighted by atomic mass is 16.3. The number of hydrogen-bond acceptors (Lipinski definition) is 2. The number of nitrogens with two attached hydrogens (primary N) is 1. The number of hydrogen-bond donors (Lipinski definition) is 2. The average Bonchev–Trinajstić information content (AvgIpc) is 2.57. The van der Waals surface area contributed by atoms with Gasteiger partial charge in [0.05, 0.1) is 6.10 Å². The summed E-state index contributed by atoms with van der Waals surface area (Å²) >= 11 is 0. The molecular weight excluding hydrogens is 270 g/mol. The Hall–Kier alpha value is -2.58. The fraction of sp³-hybridized carbons (Fsp3) is 0.100. The highest BCUT2D eigenvalue weighted by Crippen LogP contribution is 2.29. The highest BCUT2D eigenvalue weighted by Gasteiger charge is 2.13. The van der Waals surface area contributed by atoms with Gasteiger partial charge < -0.3 is 10.8 Å². The first kappa shape index (κ1) is 14.4. The Morgan fingerprint density at radius 3 is 2.09 bits per heavy atom. The molecule has 0 heterocycles. The van der Waals surface area contributed by atoms with Crippen molar-refractivity contribution in [1.82, 2.24) is 0 Å². The van der Waals surface area contributed by atoms with Gasteiger partial charge in [-0.1, -0.05) is 66.7 Å². The van der Waals surface area contributed by atoms with E-state index >= 15 is 0 Å². The third-order valence-corrected chi connectivity index (χ3v) is 3.82. The molecule has 110 valence electrons. The van der Waals surface area contributed by atoms with Crippen molar-refractivity contribution in [2.45, 2.75) is 12.5 Å². The lowest BCUT2D eigenvalue weighted by atomic mass is 9.96. The molecule has 0 saturated carbocycles. The quantitative estimate of drug-likeness (QED) is 0.707. The molecule has 3 aromatic rings. The van der Waals surface area contributed by atoms with E-state index in [-0.39, 0.29) is 0 Å². The number of rotatable bonds is 4. The lowest BCUT2D eigenvalue weighted by Crippen LogP contribution is -2.05. The zero-order valence-corrected chi connectivity index (χ0v) is 12.3. The standard InChI is InChI=1S/C20H19NO/c21-19-12-11-17(16-9-5-2-6-10-16)14-18(19)20(22)13-15-7-3-1-4-8-15/h1-12,14,20,22H,13,21H2. The second-order valence-corrected chi connectivity index (χ2v) is 5.42. The topological polar surface area (TPSA) is 46.2 Å². The van der Waals surface area contributed by atoms with E-state index in [1.807, 2.05) is 66.7 Å². The number of aliphatic hydroxyl groups is 1. The smallest absolute Gasteiger partial charge is 0.0850 e. The minimum absolute atomic E-state index is 0.559. The van der Waals surface area contributed by atoms with Crippen LogP contribution in [-0.4, -0.2) is 5.11 Å². The van der Waals surface area contributed by atoms with E-state index in [0.717, 1.165) is 22.3 Å². The van der Waals surface area contributed by atoms with Crippen LogP contribution < -0.4 is 5.73 Å². The second-order valence-electron chi connectivity index (χ2n) is 5.42. The van der Waals surface area contributed by atoms with E-state index in [9.17, 15) is 5.11 Å². The molecule has 0 bridgehead atoms. The van der Waals surface area contributed by atoms with E-state index < -0.39 is 6.10 Å². The van der Waals surface area contributed by atoms with Crippen molar-refractivity contribution < 1.29 is 5.11 Å². The van der Waals surface area contributed by atoms with E-state index in [1.54, 1.807) is 0 Å². The van der Waals surface area contributed by atoms with Crippen LogP contribution in [0.25, 0.3) is 11.1 Å². The van der Waals surface area contributed by atoms with E-state index in [4.69, 9.17) is 5.73 Å². The first-order valence-electron chi connectivity index (χ1n) is 7.41. The van der Waals surface area contributed by atoms with Crippen LogP contribution in [0.5, 0.6) is 0 Å². The maximum absolute atomic E-state index is 10.5. The van der Waals surface area contributed by atoms with Crippen molar-refractivity contribution in [2.75, 3.05) is 5.73 Å². The zero-order chi connectivity index (χ0) is 15.4. The molecule has 2 heteroatoms. The van der Waals surface area contributed by atoms with Crippen molar-refractivity contribution in [3.63, 3.8) is 0 Å². The Balaban J connectivity index is 1.90. The van der Waals surface area contributed by atoms with Crippen LogP contribution in [0.15, 0.2) is 78.9 Å². The molecule has 0 aliphatic heterocycles. The molecule has 0 aliphatic carbocycles. The number of anilines is 1. The number of nitrogen functional groups attached to an aromatic ring is 1. The lowest BCUT2D eigenvalue weighted by molar-refractivity contribution is 0.179. The van der Waals surface area contributed by atoms with Crippen molar-refractivity contribution in [3.8, 4) is 11.1 Å². The maximum Gasteiger partial charge on any atom is 0.0850 e. The van der Waals surface area contributed by atoms with Gasteiger partial charge in [-0.05, 0) is 28.8 Å². The molecule has 2 nitrogen and oxygen atoms in total. The summed E-state index contributed by atoms with van der Waals surface area (Å²) in [6.07, 6.45) is -0.0467. The van der Waals surface area contributed by atoms with Gasteiger partial charge in [0.25, 0.3) is 0 Å². The molecule has 3 rings (SSSR count). The molecule has 3 aromatic carbocycles. The third kappa shape index (κ3) is 3.18. The minimum Gasteiger partial charge on any atom is -0.398 e. The molecular formula is C20H19NO. The van der Waals surface area contributed by atoms with Gasteiger partial charge in [0, 0.05) is 17.7 Å².